The molecule has 1 heterocycles. The van der Waals surface area contributed by atoms with Gasteiger partial charge in [0, 0.05) is 35.7 Å². The quantitative estimate of drug-likeness (QED) is 0.641. The van der Waals surface area contributed by atoms with E-state index in [0.29, 0.717) is 30.7 Å². The number of ketones is 1. The minimum atomic E-state index is -0.607. The van der Waals surface area contributed by atoms with Crippen LogP contribution < -0.4 is 4.74 Å². The van der Waals surface area contributed by atoms with Crippen LogP contribution in [0, 0.1) is 5.92 Å². The Morgan fingerprint density at radius 3 is 2.52 bits per heavy atom. The average Bonchev–Trinajstić information content (AvgIpc) is 2.79. The summed E-state index contributed by atoms with van der Waals surface area (Å²) in [5.41, 5.74) is 4.22. The van der Waals surface area contributed by atoms with Gasteiger partial charge >= 0.3 is 5.97 Å². The topological polar surface area (TPSA) is 65.0 Å². The molecule has 0 aromatic heterocycles. The molecule has 1 unspecified atom stereocenters. The van der Waals surface area contributed by atoms with Crippen molar-refractivity contribution in [1.29, 1.82) is 0 Å². The molecule has 0 amide bonds. The van der Waals surface area contributed by atoms with Crippen molar-refractivity contribution in [2.75, 3.05) is 13.7 Å². The van der Waals surface area contributed by atoms with Crippen LogP contribution in [0.25, 0.3) is 0 Å². The van der Waals surface area contributed by atoms with Crippen LogP contribution in [0.3, 0.4) is 0 Å². The summed E-state index contributed by atoms with van der Waals surface area (Å²) in [4.78, 5) is 30.8. The van der Waals surface area contributed by atoms with E-state index in [-0.39, 0.29) is 17.7 Å². The van der Waals surface area contributed by atoms with Gasteiger partial charge in [-0.05, 0) is 43.0 Å². The molecule has 1 aliphatic heterocycles. The number of nitrogens with zero attached hydrogens (tertiary/aromatic N) is 1. The van der Waals surface area contributed by atoms with Crippen LogP contribution in [0.1, 0.15) is 43.2 Å². The number of esters is 1. The van der Waals surface area contributed by atoms with Gasteiger partial charge in [0.05, 0.1) is 13.7 Å². The highest BCUT2D eigenvalue weighted by Crippen LogP contribution is 2.43. The van der Waals surface area contributed by atoms with Gasteiger partial charge in [0.2, 0.25) is 0 Å². The molecule has 2 atom stereocenters. The minimum Gasteiger partial charge on any atom is -0.497 e. The fourth-order valence-corrected chi connectivity index (χ4v) is 4.49. The Morgan fingerprint density at radius 1 is 1.06 bits per heavy atom. The Morgan fingerprint density at radius 2 is 1.81 bits per heavy atom. The molecule has 5 heteroatoms. The summed E-state index contributed by atoms with van der Waals surface area (Å²) in [6, 6.07) is 17.5. The van der Waals surface area contributed by atoms with Crippen LogP contribution in [0.4, 0.5) is 0 Å². The summed E-state index contributed by atoms with van der Waals surface area (Å²) in [5.74, 6) is -0.500. The van der Waals surface area contributed by atoms with Gasteiger partial charge in [-0.2, -0.15) is 0 Å². The summed E-state index contributed by atoms with van der Waals surface area (Å²) < 4.78 is 11.0. The second-order valence-corrected chi connectivity index (χ2v) is 8.02. The molecule has 2 aliphatic rings. The van der Waals surface area contributed by atoms with Crippen molar-refractivity contribution in [3.05, 3.63) is 77.0 Å². The number of hydrogen-bond donors (Lipinski definition) is 0. The van der Waals surface area contributed by atoms with Gasteiger partial charge < -0.3 is 9.47 Å². The third-order valence-electron chi connectivity index (χ3n) is 6.04. The first kappa shape index (κ1) is 21.0. The average molecular weight is 418 g/mol. The number of carbonyl (C=O) groups is 2. The Labute approximate surface area is 182 Å². The van der Waals surface area contributed by atoms with E-state index in [0.717, 1.165) is 35.4 Å². The summed E-state index contributed by atoms with van der Waals surface area (Å²) in [6.07, 6.45) is 2.71. The number of allylic oxidation sites excluding steroid dienone is 2. The molecule has 4 rings (SSSR count). The van der Waals surface area contributed by atoms with Crippen LogP contribution in [-0.2, 0) is 20.7 Å². The molecule has 0 saturated carbocycles. The molecule has 0 N–H and O–H groups in total. The molecule has 5 nitrogen and oxygen atoms in total. The molecule has 1 aliphatic carbocycles. The number of rotatable bonds is 6. The van der Waals surface area contributed by atoms with E-state index in [4.69, 9.17) is 9.47 Å². The second kappa shape index (κ2) is 9.29. The van der Waals surface area contributed by atoms with E-state index in [1.54, 1.807) is 7.11 Å². The lowest BCUT2D eigenvalue weighted by Gasteiger charge is -2.34. The maximum absolute atomic E-state index is 13.2. The van der Waals surface area contributed by atoms with E-state index >= 15 is 0 Å². The predicted octanol–water partition coefficient (Wildman–Crippen LogP) is 4.66. The maximum Gasteiger partial charge on any atom is 0.315 e. The molecule has 0 spiro atoms. The molecule has 0 bridgehead atoms. The molecule has 0 saturated heterocycles. The van der Waals surface area contributed by atoms with Crippen LogP contribution in [0.2, 0.25) is 0 Å². The van der Waals surface area contributed by atoms with Gasteiger partial charge in [-0.15, -0.1) is 0 Å². The molecule has 2 aromatic carbocycles. The highest BCUT2D eigenvalue weighted by atomic mass is 16.5. The van der Waals surface area contributed by atoms with Crippen molar-refractivity contribution in [2.24, 2.45) is 10.9 Å². The fraction of sp³-hybridized carbons (Fsp3) is 0.346. The predicted molar refractivity (Wildman–Crippen MR) is 119 cm³/mol. The zero-order chi connectivity index (χ0) is 21.8. The van der Waals surface area contributed by atoms with Crippen LogP contribution in [-0.4, -0.2) is 31.2 Å². The zero-order valence-electron chi connectivity index (χ0n) is 18.0. The van der Waals surface area contributed by atoms with E-state index in [1.165, 1.54) is 0 Å². The SMILES string of the molecule is COc1ccc([C@@H]2C3=C(CCCC3=O)N=C(C)C2C(=O)OCCc2ccccc2)cc1. The minimum absolute atomic E-state index is 0.0837. The fourth-order valence-electron chi connectivity index (χ4n) is 4.49. The summed E-state index contributed by atoms with van der Waals surface area (Å²) in [6.45, 7) is 2.16. The monoisotopic (exact) mass is 417 g/mol. The number of methoxy groups -OCH3 is 1. The van der Waals surface area contributed by atoms with Crippen molar-refractivity contribution >= 4 is 17.5 Å². The molecule has 2 aromatic rings. The Bertz CT molecular complexity index is 1020. The molecular formula is C26H27NO4. The highest BCUT2D eigenvalue weighted by Gasteiger charge is 2.43. The normalized spacial score (nSPS) is 20.7. The number of hydrogen-bond acceptors (Lipinski definition) is 5. The van der Waals surface area contributed by atoms with E-state index in [1.807, 2.05) is 61.5 Å². The van der Waals surface area contributed by atoms with Gasteiger partial charge in [0.15, 0.2) is 5.78 Å². The third kappa shape index (κ3) is 4.46. The summed E-state index contributed by atoms with van der Waals surface area (Å²) in [5, 5.41) is 0. The number of benzene rings is 2. The zero-order valence-corrected chi connectivity index (χ0v) is 18.0. The van der Waals surface area contributed by atoms with E-state index in [9.17, 15) is 9.59 Å². The second-order valence-electron chi connectivity index (χ2n) is 8.02. The van der Waals surface area contributed by atoms with E-state index < -0.39 is 5.92 Å². The number of ether oxygens (including phenoxy) is 2. The number of aliphatic imine (C=N–C) groups is 1. The van der Waals surface area contributed by atoms with E-state index in [2.05, 4.69) is 4.99 Å². The van der Waals surface area contributed by atoms with Gasteiger partial charge in [-0.1, -0.05) is 42.5 Å². The van der Waals surface area contributed by atoms with Gasteiger partial charge in [-0.3, -0.25) is 14.6 Å². The van der Waals surface area contributed by atoms with Crippen LogP contribution in [0.5, 0.6) is 5.75 Å². The number of Topliss-reactive ketones (excluding diaryl/α,β-unsaturated/α-hetero) is 1. The summed E-state index contributed by atoms with van der Waals surface area (Å²) in [7, 11) is 1.62. The molecule has 160 valence electrons. The summed E-state index contributed by atoms with van der Waals surface area (Å²) >= 11 is 0. The van der Waals surface area contributed by atoms with Gasteiger partial charge in [0.1, 0.15) is 11.7 Å². The lowest BCUT2D eigenvalue weighted by atomic mass is 9.72. The number of carbonyl (C=O) groups excluding carboxylic acids is 2. The Hall–Kier alpha value is -3.21. The van der Waals surface area contributed by atoms with Gasteiger partial charge in [0.25, 0.3) is 0 Å². The molecule has 0 fully saturated rings. The first-order valence-corrected chi connectivity index (χ1v) is 10.7. The van der Waals surface area contributed by atoms with Crippen molar-refractivity contribution in [3.8, 4) is 5.75 Å². The van der Waals surface area contributed by atoms with Gasteiger partial charge in [-0.25, -0.2) is 0 Å². The molecular weight excluding hydrogens is 390 g/mol. The smallest absolute Gasteiger partial charge is 0.315 e. The highest BCUT2D eigenvalue weighted by molar-refractivity contribution is 6.08. The first-order chi connectivity index (χ1) is 15.1. The third-order valence-corrected chi connectivity index (χ3v) is 6.04. The van der Waals surface area contributed by atoms with Crippen LogP contribution in [0.15, 0.2) is 70.9 Å². The standard InChI is InChI=1S/C26H27NO4/c1-17-23(26(29)31-16-15-18-7-4-3-5-8-18)24(19-11-13-20(30-2)14-12-19)25-21(27-17)9-6-10-22(25)28/h3-5,7-8,11-14,23-24H,6,9-10,15-16H2,1-2H3/t23?,24-/m0/s1. The molecule has 31 heavy (non-hydrogen) atoms. The van der Waals surface area contributed by atoms with Crippen molar-refractivity contribution < 1.29 is 19.1 Å². The Balaban J connectivity index is 1.62. The largest absolute Gasteiger partial charge is 0.497 e. The van der Waals surface area contributed by atoms with Crippen LogP contribution >= 0.6 is 0 Å². The van der Waals surface area contributed by atoms with Crippen molar-refractivity contribution in [3.63, 3.8) is 0 Å². The first-order valence-electron chi connectivity index (χ1n) is 10.7. The maximum atomic E-state index is 13.2. The van der Waals surface area contributed by atoms with Crippen molar-refractivity contribution in [2.45, 2.75) is 38.5 Å². The Kier molecular flexibility index (Phi) is 6.31. The lowest BCUT2D eigenvalue weighted by molar-refractivity contribution is -0.146. The molecule has 0 radical (unpaired) electrons. The lowest BCUT2D eigenvalue weighted by Crippen LogP contribution is -2.37. The van der Waals surface area contributed by atoms with Crippen molar-refractivity contribution in [1.82, 2.24) is 0 Å².